The molecule has 0 N–H and O–H groups in total. The van der Waals surface area contributed by atoms with Crippen molar-refractivity contribution in [2.45, 2.75) is 31.7 Å². The lowest BCUT2D eigenvalue weighted by atomic mass is 9.78. The maximum Gasteiger partial charge on any atom is 0.223 e. The number of hydrogen-bond acceptors (Lipinski definition) is 3. The largest absolute Gasteiger partial charge is 0.294 e. The number of carbonyl (C=O) groups is 1. The Kier molecular flexibility index (Phi) is 4.71. The molecule has 0 aliphatic heterocycles. The van der Waals surface area contributed by atoms with Gasteiger partial charge >= 0.3 is 0 Å². The van der Waals surface area contributed by atoms with Gasteiger partial charge in [0.1, 0.15) is 0 Å². The number of rotatable bonds is 6. The van der Waals surface area contributed by atoms with Crippen LogP contribution in [0.15, 0.2) is 60.7 Å². The van der Waals surface area contributed by atoms with Gasteiger partial charge in [0.2, 0.25) is 5.54 Å². The summed E-state index contributed by atoms with van der Waals surface area (Å²) >= 11 is 0. The third kappa shape index (κ3) is 3.39. The third-order valence-electron chi connectivity index (χ3n) is 4.01. The highest BCUT2D eigenvalue weighted by Crippen LogP contribution is 2.34. The van der Waals surface area contributed by atoms with Gasteiger partial charge < -0.3 is 0 Å². The highest BCUT2D eigenvalue weighted by molar-refractivity contribution is 5.96. The molecule has 0 saturated heterocycles. The van der Waals surface area contributed by atoms with Gasteiger partial charge in [0, 0.05) is 30.8 Å². The van der Waals surface area contributed by atoms with Gasteiger partial charge in [0.05, 0.1) is 5.92 Å². The van der Waals surface area contributed by atoms with Gasteiger partial charge in [-0.15, -0.1) is 0 Å². The van der Waals surface area contributed by atoms with Crippen LogP contribution in [0.2, 0.25) is 0 Å². The molecule has 2 rings (SSSR count). The van der Waals surface area contributed by atoms with Gasteiger partial charge in [0.25, 0.3) is 0 Å². The average molecular weight is 297 g/mol. The summed E-state index contributed by atoms with van der Waals surface area (Å²) in [6.07, 6.45) is 0.113. The fraction of sp³-hybridized carbons (Fsp3) is 0.278. The van der Waals surface area contributed by atoms with E-state index in [1.807, 2.05) is 36.4 Å². The van der Waals surface area contributed by atoms with Crippen molar-refractivity contribution in [1.82, 2.24) is 0 Å². The van der Waals surface area contributed by atoms with Crippen molar-refractivity contribution < 1.29 is 9.72 Å². The van der Waals surface area contributed by atoms with Gasteiger partial charge in [0.15, 0.2) is 5.78 Å². The summed E-state index contributed by atoms with van der Waals surface area (Å²) < 4.78 is 0. The van der Waals surface area contributed by atoms with E-state index in [4.69, 9.17) is 0 Å². The van der Waals surface area contributed by atoms with Crippen LogP contribution in [-0.4, -0.2) is 16.2 Å². The van der Waals surface area contributed by atoms with Crippen LogP contribution < -0.4 is 0 Å². The highest BCUT2D eigenvalue weighted by Gasteiger charge is 2.42. The maximum absolute atomic E-state index is 12.5. The molecule has 1 atom stereocenters. The van der Waals surface area contributed by atoms with Gasteiger partial charge in [-0.2, -0.15) is 0 Å². The lowest BCUT2D eigenvalue weighted by molar-refractivity contribution is -0.565. The van der Waals surface area contributed by atoms with Crippen LogP contribution in [0.1, 0.15) is 42.1 Å². The van der Waals surface area contributed by atoms with Crippen LogP contribution in [0.4, 0.5) is 0 Å². The number of benzene rings is 2. The predicted octanol–water partition coefficient (Wildman–Crippen LogP) is 4.10. The number of nitrogens with zero attached hydrogens (tertiary/aromatic N) is 1. The molecule has 0 bridgehead atoms. The van der Waals surface area contributed by atoms with Crippen molar-refractivity contribution in [2.75, 3.05) is 0 Å². The molecule has 0 radical (unpaired) electrons. The summed E-state index contributed by atoms with van der Waals surface area (Å²) in [6, 6.07) is 18.1. The molecule has 0 heterocycles. The van der Waals surface area contributed by atoms with Crippen molar-refractivity contribution >= 4 is 5.78 Å². The molecule has 2 aromatic rings. The Labute approximate surface area is 129 Å². The molecule has 0 fully saturated rings. The van der Waals surface area contributed by atoms with E-state index in [0.717, 1.165) is 5.56 Å². The van der Waals surface area contributed by atoms with E-state index in [2.05, 4.69) is 0 Å². The zero-order valence-corrected chi connectivity index (χ0v) is 12.7. The van der Waals surface area contributed by atoms with Gasteiger partial charge in [-0.1, -0.05) is 60.7 Å². The molecule has 0 aliphatic carbocycles. The van der Waals surface area contributed by atoms with E-state index in [-0.39, 0.29) is 17.1 Å². The Morgan fingerprint density at radius 1 is 1.05 bits per heavy atom. The SMILES string of the molecule is CC(C)([C@@H](CC(=O)c1ccccc1)c1ccccc1)[N+](=O)[O-]. The number of nitro groups is 1. The van der Waals surface area contributed by atoms with E-state index < -0.39 is 11.5 Å². The Balaban J connectivity index is 2.34. The van der Waals surface area contributed by atoms with E-state index in [9.17, 15) is 14.9 Å². The quantitative estimate of drug-likeness (QED) is 0.458. The maximum atomic E-state index is 12.5. The van der Waals surface area contributed by atoms with Crippen LogP contribution in [0.5, 0.6) is 0 Å². The van der Waals surface area contributed by atoms with Crippen molar-refractivity contribution in [3.8, 4) is 0 Å². The third-order valence-corrected chi connectivity index (χ3v) is 4.01. The molecule has 0 saturated carbocycles. The number of ketones is 1. The molecule has 0 aromatic heterocycles. The zero-order valence-electron chi connectivity index (χ0n) is 12.7. The van der Waals surface area contributed by atoms with Crippen molar-refractivity contribution in [3.05, 3.63) is 81.9 Å². The molecule has 0 unspecified atom stereocenters. The van der Waals surface area contributed by atoms with Crippen LogP contribution in [0, 0.1) is 10.1 Å². The fourth-order valence-corrected chi connectivity index (χ4v) is 2.52. The highest BCUT2D eigenvalue weighted by atomic mass is 16.6. The smallest absolute Gasteiger partial charge is 0.223 e. The van der Waals surface area contributed by atoms with Crippen LogP contribution >= 0.6 is 0 Å². The second-order valence-corrected chi connectivity index (χ2v) is 5.87. The summed E-state index contributed by atoms with van der Waals surface area (Å²) in [5.41, 5.74) is 0.183. The topological polar surface area (TPSA) is 60.2 Å². The Bertz CT molecular complexity index is 651. The van der Waals surface area contributed by atoms with Crippen molar-refractivity contribution in [3.63, 3.8) is 0 Å². The van der Waals surface area contributed by atoms with Crippen LogP contribution in [0.3, 0.4) is 0 Å². The monoisotopic (exact) mass is 297 g/mol. The molecule has 2 aromatic carbocycles. The van der Waals surface area contributed by atoms with E-state index in [1.54, 1.807) is 38.1 Å². The van der Waals surface area contributed by atoms with Gasteiger partial charge in [-0.3, -0.25) is 14.9 Å². The summed E-state index contributed by atoms with van der Waals surface area (Å²) in [5, 5.41) is 11.4. The first-order chi connectivity index (χ1) is 10.4. The van der Waals surface area contributed by atoms with Crippen molar-refractivity contribution in [1.29, 1.82) is 0 Å². The minimum Gasteiger partial charge on any atom is -0.294 e. The zero-order chi connectivity index (χ0) is 16.2. The predicted molar refractivity (Wildman–Crippen MR) is 85.6 cm³/mol. The first-order valence-corrected chi connectivity index (χ1v) is 7.20. The normalized spacial score (nSPS) is 12.6. The minimum absolute atomic E-state index is 0.0793. The molecule has 0 aliphatic rings. The second-order valence-electron chi connectivity index (χ2n) is 5.87. The first kappa shape index (κ1) is 15.9. The molecular formula is C18H19NO3. The average Bonchev–Trinajstić information content (AvgIpc) is 2.53. The van der Waals surface area contributed by atoms with Gasteiger partial charge in [-0.05, 0) is 5.56 Å². The van der Waals surface area contributed by atoms with Crippen molar-refractivity contribution in [2.24, 2.45) is 0 Å². The molecule has 4 nitrogen and oxygen atoms in total. The summed E-state index contributed by atoms with van der Waals surface area (Å²) in [5.74, 6) is -0.555. The Morgan fingerprint density at radius 3 is 2.05 bits per heavy atom. The number of Topliss-reactive ketones (excluding diaryl/α,β-unsaturated/α-hetero) is 1. The van der Waals surface area contributed by atoms with E-state index in [1.165, 1.54) is 0 Å². The summed E-state index contributed by atoms with van der Waals surface area (Å²) in [4.78, 5) is 23.6. The number of hydrogen-bond donors (Lipinski definition) is 0. The molecule has 22 heavy (non-hydrogen) atoms. The molecule has 0 spiro atoms. The van der Waals surface area contributed by atoms with E-state index >= 15 is 0 Å². The Hall–Kier alpha value is -2.49. The number of carbonyl (C=O) groups excluding carboxylic acids is 1. The summed E-state index contributed by atoms with van der Waals surface area (Å²) in [6.45, 7) is 3.14. The fourth-order valence-electron chi connectivity index (χ4n) is 2.52. The molecular weight excluding hydrogens is 278 g/mol. The van der Waals surface area contributed by atoms with Crippen LogP contribution in [0.25, 0.3) is 0 Å². The minimum atomic E-state index is -1.22. The lowest BCUT2D eigenvalue weighted by Crippen LogP contribution is -2.39. The van der Waals surface area contributed by atoms with E-state index in [0.29, 0.717) is 5.56 Å². The second kappa shape index (κ2) is 6.52. The lowest BCUT2D eigenvalue weighted by Gasteiger charge is -2.26. The summed E-state index contributed by atoms with van der Waals surface area (Å²) in [7, 11) is 0. The standard InChI is InChI=1S/C18H19NO3/c1-18(2,19(21)22)16(14-9-5-3-6-10-14)13-17(20)15-11-7-4-8-12-15/h3-12,16H,13H2,1-2H3/t16-/m0/s1. The first-order valence-electron chi connectivity index (χ1n) is 7.20. The Morgan fingerprint density at radius 2 is 1.55 bits per heavy atom. The van der Waals surface area contributed by atoms with Gasteiger partial charge in [-0.25, -0.2) is 0 Å². The molecule has 0 amide bonds. The van der Waals surface area contributed by atoms with Crippen LogP contribution in [-0.2, 0) is 0 Å². The molecule has 114 valence electrons. The molecule has 4 heteroatoms.